The van der Waals surface area contributed by atoms with Crippen LogP contribution in [0.15, 0.2) is 35.5 Å². The summed E-state index contributed by atoms with van der Waals surface area (Å²) in [6, 6.07) is 6.95. The molecule has 104 valence electrons. The average molecular weight is 370 g/mol. The highest BCUT2D eigenvalue weighted by Gasteiger charge is 2.26. The van der Waals surface area contributed by atoms with Crippen molar-refractivity contribution in [1.29, 1.82) is 5.26 Å². The predicted molar refractivity (Wildman–Crippen MR) is 81.9 cm³/mol. The summed E-state index contributed by atoms with van der Waals surface area (Å²) in [5, 5.41) is 9.86. The topological polar surface area (TPSA) is 28.7 Å². The predicted octanol–water partition coefficient (Wildman–Crippen LogP) is 5.81. The van der Waals surface area contributed by atoms with Gasteiger partial charge in [-0.15, -0.1) is 0 Å². The zero-order chi connectivity index (χ0) is 14.9. The first-order chi connectivity index (χ1) is 9.31. The fourth-order valence-corrected chi connectivity index (χ4v) is 3.31. The molecule has 0 spiro atoms. The summed E-state index contributed by atoms with van der Waals surface area (Å²) in [5.41, 5.74) is 0.710. The number of aromatic nitrogens is 1. The fraction of sp³-hybridized carbons (Fsp3) is 0.0833. The lowest BCUT2D eigenvalue weighted by molar-refractivity contribution is 0.516. The van der Waals surface area contributed by atoms with Crippen molar-refractivity contribution in [1.82, 2.24) is 4.57 Å². The number of halogens is 5. The Kier molecular flexibility index (Phi) is 4.78. The third-order valence-corrected chi connectivity index (χ3v) is 4.18. The Bertz CT molecular complexity index is 667. The summed E-state index contributed by atoms with van der Waals surface area (Å²) in [7, 11) is 0. The highest BCUT2D eigenvalue weighted by Crippen LogP contribution is 2.43. The molecule has 1 heterocycles. The van der Waals surface area contributed by atoms with Crippen molar-refractivity contribution in [3.05, 3.63) is 46.2 Å². The molecule has 0 aliphatic carbocycles. The van der Waals surface area contributed by atoms with Crippen LogP contribution in [-0.4, -0.2) is 8.49 Å². The molecule has 0 radical (unpaired) electrons. The normalized spacial score (nSPS) is 11.4. The number of para-hydroxylation sites is 1. The summed E-state index contributed by atoms with van der Waals surface area (Å²) in [6.45, 7) is 0. The van der Waals surface area contributed by atoms with Gasteiger partial charge < -0.3 is 4.57 Å². The molecule has 0 aliphatic heterocycles. The van der Waals surface area contributed by atoms with E-state index in [4.69, 9.17) is 51.7 Å². The van der Waals surface area contributed by atoms with Crippen molar-refractivity contribution in [2.45, 2.75) is 8.81 Å². The molecule has 0 saturated heterocycles. The summed E-state index contributed by atoms with van der Waals surface area (Å²) in [5.74, 6) is 0. The maximum absolute atomic E-state index is 13.3. The molecule has 2 aromatic rings. The molecule has 0 saturated carbocycles. The van der Waals surface area contributed by atoms with E-state index in [-0.39, 0.29) is 10.5 Å². The van der Waals surface area contributed by atoms with Crippen LogP contribution in [0.2, 0.25) is 10.0 Å². The standard InChI is InChI=1S/C12H5Cl4FN2S/c13-8-2-1-3-9(14)11(8)19-5-7(4-18)10(6-19)20-12(15,16)17/h1-3,5-6H. The Labute approximate surface area is 139 Å². The van der Waals surface area contributed by atoms with Gasteiger partial charge in [0, 0.05) is 17.3 Å². The van der Waals surface area contributed by atoms with E-state index in [1.54, 1.807) is 18.2 Å². The molecule has 0 unspecified atom stereocenters. The zero-order valence-corrected chi connectivity index (χ0v) is 13.4. The monoisotopic (exact) mass is 368 g/mol. The van der Waals surface area contributed by atoms with E-state index in [1.165, 1.54) is 17.0 Å². The smallest absolute Gasteiger partial charge is 0.309 e. The molecule has 20 heavy (non-hydrogen) atoms. The zero-order valence-electron chi connectivity index (χ0n) is 9.58. The number of alkyl halides is 3. The second-order valence-corrected chi connectivity index (χ2v) is 7.38. The first kappa shape index (κ1) is 15.8. The second kappa shape index (κ2) is 6.05. The molecule has 0 fully saturated rings. The van der Waals surface area contributed by atoms with Gasteiger partial charge in [0.25, 0.3) is 0 Å². The highest BCUT2D eigenvalue weighted by atomic mass is 35.5. The first-order valence-corrected chi connectivity index (χ1v) is 7.47. The lowest BCUT2D eigenvalue weighted by atomic mass is 10.3. The van der Waals surface area contributed by atoms with E-state index in [9.17, 15) is 4.39 Å². The number of benzene rings is 1. The molecule has 0 amide bonds. The van der Waals surface area contributed by atoms with Crippen molar-refractivity contribution in [2.75, 3.05) is 0 Å². The Balaban J connectivity index is 2.53. The summed E-state index contributed by atoms with van der Waals surface area (Å²) < 4.78 is 12.3. The Morgan fingerprint density at radius 2 is 1.80 bits per heavy atom. The first-order valence-electron chi connectivity index (χ1n) is 5.14. The van der Waals surface area contributed by atoms with Gasteiger partial charge in [-0.3, -0.25) is 0 Å². The molecule has 0 bridgehead atoms. The molecular weight excluding hydrogens is 365 g/mol. The van der Waals surface area contributed by atoms with Crippen LogP contribution in [0.3, 0.4) is 0 Å². The van der Waals surface area contributed by atoms with Gasteiger partial charge in [-0.25, -0.2) is 0 Å². The van der Waals surface area contributed by atoms with Gasteiger partial charge in [-0.1, -0.05) is 52.5 Å². The van der Waals surface area contributed by atoms with Crippen LogP contribution in [0.4, 0.5) is 4.39 Å². The lowest BCUT2D eigenvalue weighted by Gasteiger charge is -2.08. The third kappa shape index (κ3) is 3.55. The van der Waals surface area contributed by atoms with E-state index in [1.807, 2.05) is 6.07 Å². The maximum Gasteiger partial charge on any atom is 0.309 e. The Hall–Kier alpha value is -0.570. The van der Waals surface area contributed by atoms with Crippen molar-refractivity contribution in [3.8, 4) is 11.8 Å². The minimum Gasteiger partial charge on any atom is -0.319 e. The number of nitriles is 1. The lowest BCUT2D eigenvalue weighted by Crippen LogP contribution is -1.95. The average Bonchev–Trinajstić information content (AvgIpc) is 2.69. The second-order valence-electron chi connectivity index (χ2n) is 3.67. The van der Waals surface area contributed by atoms with Crippen LogP contribution in [0, 0.1) is 11.3 Å². The van der Waals surface area contributed by atoms with Crippen LogP contribution in [-0.2, 0) is 0 Å². The quantitative estimate of drug-likeness (QED) is 0.504. The van der Waals surface area contributed by atoms with Gasteiger partial charge in [-0.05, 0) is 23.9 Å². The minimum atomic E-state index is -2.53. The van der Waals surface area contributed by atoms with Crippen LogP contribution >= 0.6 is 58.2 Å². The number of hydrogen-bond donors (Lipinski definition) is 0. The summed E-state index contributed by atoms with van der Waals surface area (Å²) in [6.07, 6.45) is 2.98. The highest BCUT2D eigenvalue weighted by molar-refractivity contribution is 8.03. The van der Waals surface area contributed by atoms with E-state index in [0.717, 1.165) is 0 Å². The van der Waals surface area contributed by atoms with Crippen molar-refractivity contribution in [2.24, 2.45) is 0 Å². The Morgan fingerprint density at radius 1 is 1.20 bits per heavy atom. The SMILES string of the molecule is N#Cc1cn(-c2c(Cl)cccc2Cl)cc1SC(F)(Cl)Cl. The van der Waals surface area contributed by atoms with E-state index >= 15 is 0 Å². The number of thioether (sulfide) groups is 1. The number of hydrogen-bond acceptors (Lipinski definition) is 2. The van der Waals surface area contributed by atoms with Gasteiger partial charge >= 0.3 is 3.92 Å². The molecule has 0 atom stereocenters. The molecule has 0 N–H and O–H groups in total. The van der Waals surface area contributed by atoms with Crippen molar-refractivity contribution < 1.29 is 4.39 Å². The number of nitrogens with zero attached hydrogens (tertiary/aromatic N) is 2. The molecular formula is C12H5Cl4FN2S. The number of rotatable bonds is 3. The Morgan fingerprint density at radius 3 is 2.30 bits per heavy atom. The van der Waals surface area contributed by atoms with Crippen LogP contribution < -0.4 is 0 Å². The molecule has 0 aliphatic rings. The molecule has 1 aromatic carbocycles. The van der Waals surface area contributed by atoms with E-state index in [0.29, 0.717) is 27.5 Å². The minimum absolute atomic E-state index is 0.217. The van der Waals surface area contributed by atoms with Crippen LogP contribution in [0.1, 0.15) is 5.56 Å². The van der Waals surface area contributed by atoms with E-state index in [2.05, 4.69) is 0 Å². The summed E-state index contributed by atoms with van der Waals surface area (Å²) >= 11 is 23.3. The van der Waals surface area contributed by atoms with Gasteiger partial charge in [0.2, 0.25) is 0 Å². The van der Waals surface area contributed by atoms with E-state index < -0.39 is 3.92 Å². The molecule has 2 rings (SSSR count). The largest absolute Gasteiger partial charge is 0.319 e. The van der Waals surface area contributed by atoms with Gasteiger partial charge in [-0.2, -0.15) is 9.65 Å². The van der Waals surface area contributed by atoms with Crippen LogP contribution in [0.5, 0.6) is 0 Å². The fourth-order valence-electron chi connectivity index (χ4n) is 1.59. The molecule has 8 heteroatoms. The van der Waals surface area contributed by atoms with Crippen molar-refractivity contribution in [3.63, 3.8) is 0 Å². The van der Waals surface area contributed by atoms with Gasteiger partial charge in [0.05, 0.1) is 21.3 Å². The van der Waals surface area contributed by atoms with Gasteiger partial charge in [0.1, 0.15) is 6.07 Å². The molecule has 2 nitrogen and oxygen atoms in total. The van der Waals surface area contributed by atoms with Crippen molar-refractivity contribution >= 4 is 58.2 Å². The van der Waals surface area contributed by atoms with Crippen LogP contribution in [0.25, 0.3) is 5.69 Å². The summed E-state index contributed by atoms with van der Waals surface area (Å²) in [4.78, 5) is 0.288. The maximum atomic E-state index is 13.3. The third-order valence-electron chi connectivity index (χ3n) is 2.33. The van der Waals surface area contributed by atoms with Gasteiger partial charge in [0.15, 0.2) is 0 Å². The molecule has 1 aromatic heterocycles.